The Morgan fingerprint density at radius 2 is 0.737 bits per heavy atom. The third-order valence-electron chi connectivity index (χ3n) is 3.74. The Bertz CT molecular complexity index is 139. The van der Waals surface area contributed by atoms with Crippen molar-refractivity contribution in [3.05, 3.63) is 0 Å². The van der Waals surface area contributed by atoms with E-state index in [1.54, 1.807) is 0 Å². The Morgan fingerprint density at radius 3 is 1.00 bits per heavy atom. The topological polar surface area (TPSA) is 0 Å². The Balaban J connectivity index is 3.66. The van der Waals surface area contributed by atoms with Gasteiger partial charge < -0.3 is 0 Å². The molecular weight excluding hydrogens is 264 g/mol. The molecular formula is C15H30AlF3. The Hall–Kier alpha value is 0.322. The molecule has 0 amide bonds. The average molecular weight is 294 g/mol. The van der Waals surface area contributed by atoms with Crippen molar-refractivity contribution in [1.29, 1.82) is 0 Å². The predicted molar refractivity (Wildman–Crippen MR) is 79.7 cm³/mol. The molecule has 19 heavy (non-hydrogen) atoms. The van der Waals surface area contributed by atoms with Crippen LogP contribution in [0.5, 0.6) is 0 Å². The van der Waals surface area contributed by atoms with Crippen LogP contribution >= 0.6 is 0 Å². The van der Waals surface area contributed by atoms with Crippen LogP contribution in [0.4, 0.5) is 13.2 Å². The molecule has 0 aromatic rings. The lowest BCUT2D eigenvalue weighted by atomic mass is 10.3. The van der Waals surface area contributed by atoms with Crippen molar-refractivity contribution in [3.8, 4) is 0 Å². The second-order valence-electron chi connectivity index (χ2n) is 5.48. The van der Waals surface area contributed by atoms with Crippen LogP contribution in [0.3, 0.4) is 0 Å². The van der Waals surface area contributed by atoms with E-state index in [1.165, 1.54) is 15.8 Å². The van der Waals surface area contributed by atoms with Crippen LogP contribution in [-0.2, 0) is 0 Å². The van der Waals surface area contributed by atoms with Gasteiger partial charge in [-0.15, -0.1) is 0 Å². The first-order valence-electron chi connectivity index (χ1n) is 8.03. The fourth-order valence-corrected chi connectivity index (χ4v) is 6.01. The fourth-order valence-electron chi connectivity index (χ4n) is 2.55. The first-order valence-corrected chi connectivity index (χ1v) is 10.5. The summed E-state index contributed by atoms with van der Waals surface area (Å²) >= 11 is -0.729. The van der Waals surface area contributed by atoms with Crippen LogP contribution in [0.15, 0.2) is 0 Å². The van der Waals surface area contributed by atoms with Crippen molar-refractivity contribution < 1.29 is 13.2 Å². The molecule has 0 aromatic heterocycles. The zero-order valence-corrected chi connectivity index (χ0v) is 13.5. The minimum Gasteiger partial charge on any atom is -0.251 e. The number of alkyl halides is 3. The number of hydrogen-bond acceptors (Lipinski definition) is 0. The second kappa shape index (κ2) is 16.4. The van der Waals surface area contributed by atoms with Crippen molar-refractivity contribution >= 4 is 14.1 Å². The van der Waals surface area contributed by atoms with E-state index in [0.29, 0.717) is 19.3 Å². The minimum atomic E-state index is -0.729. The highest BCUT2D eigenvalue weighted by atomic mass is 27.2. The van der Waals surface area contributed by atoms with Gasteiger partial charge in [0.25, 0.3) is 14.1 Å². The number of halogens is 3. The summed E-state index contributed by atoms with van der Waals surface area (Å²) in [5, 5.41) is 3.89. The van der Waals surface area contributed by atoms with Crippen LogP contribution in [0.2, 0.25) is 15.8 Å². The molecule has 0 aliphatic carbocycles. The van der Waals surface area contributed by atoms with Crippen molar-refractivity contribution in [2.75, 3.05) is 20.0 Å². The quantitative estimate of drug-likeness (QED) is 0.260. The molecule has 0 N–H and O–H groups in total. The van der Waals surface area contributed by atoms with E-state index in [0.717, 1.165) is 38.5 Å². The maximum Gasteiger partial charge on any atom is 0.261 e. The SMILES string of the molecule is FCCCC[CH2][Al]([CH2]CCCCF)[CH2]CCCCF. The average Bonchev–Trinajstić information content (AvgIpc) is 2.43. The highest BCUT2D eigenvalue weighted by Crippen LogP contribution is 2.18. The molecule has 0 radical (unpaired) electrons. The lowest BCUT2D eigenvalue weighted by Crippen LogP contribution is -2.12. The summed E-state index contributed by atoms with van der Waals surface area (Å²) in [6.45, 7) is -0.586. The molecule has 0 heterocycles. The van der Waals surface area contributed by atoms with Gasteiger partial charge in [-0.1, -0.05) is 54.4 Å². The summed E-state index contributed by atoms with van der Waals surface area (Å²) in [4.78, 5) is 0. The highest BCUT2D eigenvalue weighted by Gasteiger charge is 2.15. The van der Waals surface area contributed by atoms with Crippen molar-refractivity contribution in [2.24, 2.45) is 0 Å². The molecule has 0 saturated carbocycles. The molecule has 0 aliphatic heterocycles. The van der Waals surface area contributed by atoms with Gasteiger partial charge in [0, 0.05) is 0 Å². The van der Waals surface area contributed by atoms with Gasteiger partial charge >= 0.3 is 0 Å². The number of hydrogen-bond donors (Lipinski definition) is 0. The molecule has 0 bridgehead atoms. The van der Waals surface area contributed by atoms with E-state index < -0.39 is 14.1 Å². The van der Waals surface area contributed by atoms with Gasteiger partial charge in [-0.2, -0.15) is 0 Å². The number of unbranched alkanes of at least 4 members (excludes halogenated alkanes) is 6. The minimum absolute atomic E-state index is 0.195. The molecule has 0 rings (SSSR count). The zero-order valence-electron chi connectivity index (χ0n) is 12.3. The van der Waals surface area contributed by atoms with Crippen molar-refractivity contribution in [1.82, 2.24) is 0 Å². The monoisotopic (exact) mass is 294 g/mol. The molecule has 114 valence electrons. The van der Waals surface area contributed by atoms with Crippen molar-refractivity contribution in [2.45, 2.75) is 73.6 Å². The molecule has 0 atom stereocenters. The highest BCUT2D eigenvalue weighted by molar-refractivity contribution is 6.58. The molecule has 0 nitrogen and oxygen atoms in total. The Kier molecular flexibility index (Phi) is 16.7. The number of rotatable bonds is 15. The fraction of sp³-hybridized carbons (Fsp3) is 1.00. The Labute approximate surface area is 121 Å². The molecule has 0 aromatic carbocycles. The molecule has 0 unspecified atom stereocenters. The van der Waals surface area contributed by atoms with Crippen molar-refractivity contribution in [3.63, 3.8) is 0 Å². The summed E-state index contributed by atoms with van der Waals surface area (Å²) in [6.07, 6.45) is 8.60. The lowest BCUT2D eigenvalue weighted by Gasteiger charge is -2.11. The first kappa shape index (κ1) is 19.3. The third-order valence-corrected chi connectivity index (χ3v) is 7.41. The van der Waals surface area contributed by atoms with Gasteiger partial charge in [0.2, 0.25) is 0 Å². The van der Waals surface area contributed by atoms with E-state index in [9.17, 15) is 13.2 Å². The summed E-state index contributed by atoms with van der Waals surface area (Å²) in [5.74, 6) is 0. The van der Waals surface area contributed by atoms with Gasteiger partial charge in [0.05, 0.1) is 20.0 Å². The van der Waals surface area contributed by atoms with Crippen LogP contribution in [0.1, 0.15) is 57.8 Å². The van der Waals surface area contributed by atoms with Gasteiger partial charge in [-0.25, -0.2) is 0 Å². The van der Waals surface area contributed by atoms with Gasteiger partial charge in [0.1, 0.15) is 0 Å². The third kappa shape index (κ3) is 14.5. The van der Waals surface area contributed by atoms with Gasteiger partial charge in [-0.05, 0) is 19.3 Å². The predicted octanol–water partition coefficient (Wildman–Crippen LogP) is 5.90. The molecule has 0 saturated heterocycles. The summed E-state index contributed by atoms with van der Waals surface area (Å²) in [7, 11) is 0. The zero-order chi connectivity index (χ0) is 14.2. The summed E-state index contributed by atoms with van der Waals surface area (Å²) in [6, 6.07) is 0. The van der Waals surface area contributed by atoms with Crippen LogP contribution in [0.25, 0.3) is 0 Å². The summed E-state index contributed by atoms with van der Waals surface area (Å²) in [5.41, 5.74) is 0. The van der Waals surface area contributed by atoms with Crippen LogP contribution < -0.4 is 0 Å². The smallest absolute Gasteiger partial charge is 0.251 e. The van der Waals surface area contributed by atoms with E-state index in [1.807, 2.05) is 0 Å². The summed E-state index contributed by atoms with van der Waals surface area (Å²) < 4.78 is 36.1. The largest absolute Gasteiger partial charge is 0.261 e. The second-order valence-corrected chi connectivity index (χ2v) is 8.95. The maximum absolute atomic E-state index is 12.0. The lowest BCUT2D eigenvalue weighted by molar-refractivity contribution is 0.457. The van der Waals surface area contributed by atoms with Crippen LogP contribution in [0, 0.1) is 0 Å². The van der Waals surface area contributed by atoms with E-state index >= 15 is 0 Å². The van der Waals surface area contributed by atoms with Gasteiger partial charge in [0.15, 0.2) is 0 Å². The normalized spacial score (nSPS) is 10.9. The van der Waals surface area contributed by atoms with E-state index in [2.05, 4.69) is 0 Å². The molecule has 4 heteroatoms. The standard InChI is InChI=1S/3C5H10F.Al/c3*1-2-3-4-5-6;/h3*1-5H2;. The maximum atomic E-state index is 12.0. The van der Waals surface area contributed by atoms with E-state index in [4.69, 9.17) is 0 Å². The van der Waals surface area contributed by atoms with Crippen LogP contribution in [-0.4, -0.2) is 34.2 Å². The molecule has 0 spiro atoms. The van der Waals surface area contributed by atoms with E-state index in [-0.39, 0.29) is 20.0 Å². The molecule has 0 aliphatic rings. The Morgan fingerprint density at radius 1 is 0.421 bits per heavy atom. The molecule has 0 fully saturated rings. The van der Waals surface area contributed by atoms with Gasteiger partial charge in [-0.3, -0.25) is 13.2 Å². The first-order chi connectivity index (χ1) is 9.35.